The second-order valence-corrected chi connectivity index (χ2v) is 9.87. The minimum atomic E-state index is -0.853. The molecule has 41 heavy (non-hydrogen) atoms. The second kappa shape index (κ2) is 10.4. The molecular weight excluding hydrogens is 548 g/mol. The number of carbonyl (C=O) groups excluding carboxylic acids is 3. The largest absolute Gasteiger partial charge is 0.334 e. The summed E-state index contributed by atoms with van der Waals surface area (Å²) >= 11 is 6.09. The monoisotopic (exact) mass is 568 g/mol. The van der Waals surface area contributed by atoms with Crippen LogP contribution in [0.25, 0.3) is 33.7 Å². The van der Waals surface area contributed by atoms with Crippen LogP contribution in [-0.4, -0.2) is 37.4 Å². The van der Waals surface area contributed by atoms with Gasteiger partial charge in [0.2, 0.25) is 17.6 Å². The number of nitrogens with zero attached hydrogens (tertiary/aromatic N) is 4. The van der Waals surface area contributed by atoms with Gasteiger partial charge in [0.05, 0.1) is 22.2 Å². The van der Waals surface area contributed by atoms with Crippen LogP contribution < -0.4 is 16.2 Å². The predicted octanol–water partition coefficient (Wildman–Crippen LogP) is 4.31. The number of halogens is 1. The first kappa shape index (κ1) is 26.1. The van der Waals surface area contributed by atoms with E-state index in [1.807, 2.05) is 0 Å². The van der Waals surface area contributed by atoms with Gasteiger partial charge in [0, 0.05) is 17.0 Å². The number of para-hydroxylation sites is 1. The third-order valence-electron chi connectivity index (χ3n) is 6.79. The summed E-state index contributed by atoms with van der Waals surface area (Å²) in [6, 6.07) is 17.7. The first-order valence-corrected chi connectivity index (χ1v) is 13.0. The third kappa shape index (κ3) is 4.87. The molecule has 0 bridgehead atoms. The third-order valence-corrected chi connectivity index (χ3v) is 7.02. The van der Waals surface area contributed by atoms with Crippen molar-refractivity contribution in [1.29, 1.82) is 0 Å². The zero-order valence-corrected chi connectivity index (χ0v) is 22.3. The molecule has 1 aliphatic heterocycles. The van der Waals surface area contributed by atoms with E-state index in [1.165, 1.54) is 4.57 Å². The number of amides is 3. The molecule has 3 heterocycles. The lowest BCUT2D eigenvalue weighted by atomic mass is 10.0. The van der Waals surface area contributed by atoms with Gasteiger partial charge in [0.15, 0.2) is 0 Å². The summed E-state index contributed by atoms with van der Waals surface area (Å²) < 4.78 is 6.77. The van der Waals surface area contributed by atoms with E-state index < -0.39 is 23.4 Å². The number of anilines is 1. The number of piperidine rings is 1. The Labute approximate surface area is 237 Å². The Balaban J connectivity index is 1.34. The molecule has 1 aliphatic rings. The topological polar surface area (TPSA) is 149 Å². The van der Waals surface area contributed by atoms with Gasteiger partial charge in [0.1, 0.15) is 17.4 Å². The van der Waals surface area contributed by atoms with Gasteiger partial charge in [-0.25, -0.2) is 4.98 Å². The van der Waals surface area contributed by atoms with Gasteiger partial charge >= 0.3 is 0 Å². The van der Waals surface area contributed by atoms with Gasteiger partial charge in [-0.2, -0.15) is 4.98 Å². The van der Waals surface area contributed by atoms with Crippen LogP contribution in [0.15, 0.2) is 76.0 Å². The van der Waals surface area contributed by atoms with Gasteiger partial charge < -0.3 is 9.84 Å². The smallest absolute Gasteiger partial charge is 0.262 e. The molecule has 5 aromatic rings. The van der Waals surface area contributed by atoms with Crippen LogP contribution in [0.4, 0.5) is 5.69 Å². The average Bonchev–Trinajstić information content (AvgIpc) is 3.45. The number of benzene rings is 3. The maximum Gasteiger partial charge on any atom is 0.262 e. The van der Waals surface area contributed by atoms with Crippen LogP contribution >= 0.6 is 11.6 Å². The van der Waals surface area contributed by atoms with E-state index >= 15 is 0 Å². The highest BCUT2D eigenvalue weighted by Crippen LogP contribution is 2.28. The van der Waals surface area contributed by atoms with Gasteiger partial charge in [0.25, 0.3) is 17.4 Å². The summed E-state index contributed by atoms with van der Waals surface area (Å²) in [5.41, 5.74) is 1.47. The summed E-state index contributed by atoms with van der Waals surface area (Å²) in [5.74, 6) is -0.670. The summed E-state index contributed by atoms with van der Waals surface area (Å²) in [7, 11) is 0. The van der Waals surface area contributed by atoms with E-state index in [-0.39, 0.29) is 46.9 Å². The summed E-state index contributed by atoms with van der Waals surface area (Å²) in [4.78, 5) is 60.1. The fourth-order valence-electron chi connectivity index (χ4n) is 4.86. The quantitative estimate of drug-likeness (QED) is 0.298. The van der Waals surface area contributed by atoms with Crippen molar-refractivity contribution in [1.82, 2.24) is 25.0 Å². The Morgan fingerprint density at radius 1 is 1.05 bits per heavy atom. The molecule has 12 heteroatoms. The van der Waals surface area contributed by atoms with Gasteiger partial charge in [-0.3, -0.25) is 29.1 Å². The number of imide groups is 1. The molecule has 0 aliphatic carbocycles. The van der Waals surface area contributed by atoms with Gasteiger partial charge in [-0.05, 0) is 49.7 Å². The molecule has 0 spiro atoms. The Kier molecular flexibility index (Phi) is 6.64. The fourth-order valence-corrected chi connectivity index (χ4v) is 5.05. The van der Waals surface area contributed by atoms with Gasteiger partial charge in [-0.1, -0.05) is 47.1 Å². The maximum atomic E-state index is 13.5. The molecule has 1 unspecified atom stereocenters. The van der Waals surface area contributed by atoms with Crippen molar-refractivity contribution in [2.24, 2.45) is 0 Å². The lowest BCUT2D eigenvalue weighted by Crippen LogP contribution is -2.45. The summed E-state index contributed by atoms with van der Waals surface area (Å²) in [6.45, 7) is 1.60. The number of rotatable bonds is 5. The van der Waals surface area contributed by atoms with Crippen LogP contribution in [-0.2, 0) is 9.59 Å². The van der Waals surface area contributed by atoms with E-state index in [1.54, 1.807) is 73.7 Å². The predicted molar refractivity (Wildman–Crippen MR) is 150 cm³/mol. The van der Waals surface area contributed by atoms with Crippen molar-refractivity contribution >= 4 is 45.9 Å². The van der Waals surface area contributed by atoms with E-state index in [0.29, 0.717) is 27.7 Å². The van der Waals surface area contributed by atoms with Crippen LogP contribution in [0.2, 0.25) is 5.02 Å². The van der Waals surface area contributed by atoms with Crippen LogP contribution in [0.5, 0.6) is 0 Å². The average molecular weight is 569 g/mol. The molecule has 1 atom stereocenters. The number of fused-ring (bicyclic) bond motifs is 1. The summed E-state index contributed by atoms with van der Waals surface area (Å²) in [6.07, 6.45) is 0.316. The highest BCUT2D eigenvalue weighted by Gasteiger charge is 2.31. The standard InChI is InChI=1S/C29H21ClN6O5/c1-15-31-24-20(29(40)36(15)22-12-13-23(37)33-27(22)39)10-5-11-21(24)32-26(38)18-8-2-3-9-19(18)28-34-25(35-41-28)16-6-4-7-17(30)14-16/h2-11,14,22H,12-13H2,1H3,(H,32,38)(H,33,37,39). The first-order chi connectivity index (χ1) is 19.8. The maximum absolute atomic E-state index is 13.5. The molecule has 3 amide bonds. The highest BCUT2D eigenvalue weighted by atomic mass is 35.5. The normalized spacial score (nSPS) is 15.1. The van der Waals surface area contributed by atoms with Gasteiger partial charge in [-0.15, -0.1) is 0 Å². The lowest BCUT2D eigenvalue weighted by Gasteiger charge is -2.24. The van der Waals surface area contributed by atoms with Crippen molar-refractivity contribution in [2.75, 3.05) is 5.32 Å². The zero-order chi connectivity index (χ0) is 28.7. The number of aryl methyl sites for hydroxylation is 1. The molecule has 1 saturated heterocycles. The van der Waals surface area contributed by atoms with Crippen LogP contribution in [0, 0.1) is 6.92 Å². The molecule has 6 rings (SSSR count). The number of aromatic nitrogens is 4. The fraction of sp³-hybridized carbons (Fsp3) is 0.138. The first-order valence-electron chi connectivity index (χ1n) is 12.7. The Morgan fingerprint density at radius 2 is 1.85 bits per heavy atom. The molecule has 2 aromatic heterocycles. The molecule has 2 N–H and O–H groups in total. The molecule has 0 saturated carbocycles. The molecule has 3 aromatic carbocycles. The second-order valence-electron chi connectivity index (χ2n) is 9.44. The highest BCUT2D eigenvalue weighted by molar-refractivity contribution is 6.30. The number of hydrogen-bond acceptors (Lipinski definition) is 8. The molecule has 0 radical (unpaired) electrons. The van der Waals surface area contributed by atoms with Crippen molar-refractivity contribution in [3.8, 4) is 22.8 Å². The van der Waals surface area contributed by atoms with E-state index in [4.69, 9.17) is 16.1 Å². The van der Waals surface area contributed by atoms with E-state index in [0.717, 1.165) is 0 Å². The van der Waals surface area contributed by atoms with Crippen LogP contribution in [0.1, 0.15) is 35.1 Å². The summed E-state index contributed by atoms with van der Waals surface area (Å²) in [5, 5.41) is 9.89. The SMILES string of the molecule is Cc1nc2c(NC(=O)c3ccccc3-c3nc(-c4cccc(Cl)c4)no3)cccc2c(=O)n1C1CCC(=O)NC1=O. The van der Waals surface area contributed by atoms with Crippen molar-refractivity contribution in [3.05, 3.63) is 93.5 Å². The van der Waals surface area contributed by atoms with E-state index in [9.17, 15) is 19.2 Å². The zero-order valence-electron chi connectivity index (χ0n) is 21.6. The minimum Gasteiger partial charge on any atom is -0.334 e. The molecular formula is C29H21ClN6O5. The minimum absolute atomic E-state index is 0.121. The number of hydrogen-bond donors (Lipinski definition) is 2. The number of nitrogens with one attached hydrogen (secondary N) is 2. The number of carbonyl (C=O) groups is 3. The van der Waals surface area contributed by atoms with Crippen molar-refractivity contribution < 1.29 is 18.9 Å². The molecule has 11 nitrogen and oxygen atoms in total. The Bertz CT molecular complexity index is 1930. The molecule has 1 fully saturated rings. The molecule has 204 valence electrons. The van der Waals surface area contributed by atoms with Crippen LogP contribution in [0.3, 0.4) is 0 Å². The van der Waals surface area contributed by atoms with Crippen molar-refractivity contribution in [2.45, 2.75) is 25.8 Å². The van der Waals surface area contributed by atoms with E-state index in [2.05, 4.69) is 25.8 Å². The Morgan fingerprint density at radius 3 is 2.66 bits per heavy atom. The lowest BCUT2D eigenvalue weighted by molar-refractivity contribution is -0.135. The Hall–Kier alpha value is -5.16. The van der Waals surface area contributed by atoms with Crippen molar-refractivity contribution in [3.63, 3.8) is 0 Å².